The molecule has 1 aromatic carbocycles. The van der Waals surface area contributed by atoms with Gasteiger partial charge in [0, 0.05) is 11.6 Å². The van der Waals surface area contributed by atoms with Crippen molar-refractivity contribution in [1.29, 1.82) is 0 Å². The molecule has 1 aliphatic rings. The van der Waals surface area contributed by atoms with Crippen LogP contribution in [-0.4, -0.2) is 29.3 Å². The van der Waals surface area contributed by atoms with Gasteiger partial charge < -0.3 is 19.1 Å². The van der Waals surface area contributed by atoms with Crippen molar-refractivity contribution in [1.82, 2.24) is 4.57 Å². The van der Waals surface area contributed by atoms with E-state index in [1.54, 1.807) is 18.2 Å². The fourth-order valence-corrected chi connectivity index (χ4v) is 4.14. The van der Waals surface area contributed by atoms with E-state index < -0.39 is 12.0 Å². The number of benzene rings is 1. The molecule has 0 saturated carbocycles. The number of rotatable bonds is 5. The zero-order valence-corrected chi connectivity index (χ0v) is 16.3. The number of thiazole rings is 1. The number of aromatic nitrogens is 1. The number of hydrogen-bond acceptors (Lipinski definition) is 5. The summed E-state index contributed by atoms with van der Waals surface area (Å²) < 4.78 is 12.7. The Labute approximate surface area is 160 Å². The van der Waals surface area contributed by atoms with Gasteiger partial charge in [0.05, 0.1) is 36.5 Å². The Bertz CT molecular complexity index is 875. The smallest absolute Gasteiger partial charge is 0.283 e. The Morgan fingerprint density at radius 3 is 3.08 bits per heavy atom. The number of carbonyl (C=O) groups is 1. The standard InChI is InChI=1S/C18H21ClN2O4S/c1-3-4-7-21-13-9-25-10-14(22)16(13)26-18(21)20-17(23)12-8-11(19)5-6-15(12)24-2/h5-6,8,14,22H,3-4,7,9-10H2,1-2H3. The normalized spacial score (nSPS) is 17.2. The lowest BCUT2D eigenvalue weighted by Gasteiger charge is -2.19. The van der Waals surface area contributed by atoms with Gasteiger partial charge in [-0.3, -0.25) is 4.79 Å². The first kappa shape index (κ1) is 19.1. The van der Waals surface area contributed by atoms with Crippen LogP contribution in [0.1, 0.15) is 46.8 Å². The van der Waals surface area contributed by atoms with Gasteiger partial charge >= 0.3 is 0 Å². The molecule has 0 radical (unpaired) electrons. The summed E-state index contributed by atoms with van der Waals surface area (Å²) in [7, 11) is 1.50. The van der Waals surface area contributed by atoms with E-state index in [4.69, 9.17) is 21.1 Å². The van der Waals surface area contributed by atoms with E-state index in [9.17, 15) is 9.90 Å². The first-order chi connectivity index (χ1) is 12.5. The molecule has 26 heavy (non-hydrogen) atoms. The maximum Gasteiger partial charge on any atom is 0.283 e. The molecular weight excluding hydrogens is 376 g/mol. The predicted octanol–water partition coefficient (Wildman–Crippen LogP) is 3.32. The lowest BCUT2D eigenvalue weighted by Crippen LogP contribution is -2.22. The van der Waals surface area contributed by atoms with Crippen molar-refractivity contribution in [2.24, 2.45) is 4.99 Å². The average Bonchev–Trinajstić information content (AvgIpc) is 2.98. The molecule has 6 nitrogen and oxygen atoms in total. The van der Waals surface area contributed by atoms with Crippen LogP contribution in [0.4, 0.5) is 0 Å². The molecule has 8 heteroatoms. The van der Waals surface area contributed by atoms with E-state index in [2.05, 4.69) is 11.9 Å². The summed E-state index contributed by atoms with van der Waals surface area (Å²) in [5.41, 5.74) is 1.21. The third kappa shape index (κ3) is 3.86. The van der Waals surface area contributed by atoms with Crippen LogP contribution in [0.2, 0.25) is 5.02 Å². The van der Waals surface area contributed by atoms with E-state index in [1.165, 1.54) is 18.4 Å². The second-order valence-electron chi connectivity index (χ2n) is 5.99. The molecule has 0 saturated heterocycles. The lowest BCUT2D eigenvalue weighted by atomic mass is 10.2. The van der Waals surface area contributed by atoms with Crippen molar-refractivity contribution in [3.05, 3.63) is 44.2 Å². The topological polar surface area (TPSA) is 73.1 Å². The van der Waals surface area contributed by atoms with Crippen LogP contribution in [0.25, 0.3) is 0 Å². The van der Waals surface area contributed by atoms with Crippen LogP contribution < -0.4 is 9.54 Å². The molecule has 140 valence electrons. The molecular formula is C18H21ClN2O4S. The van der Waals surface area contributed by atoms with Crippen molar-refractivity contribution in [3.8, 4) is 5.75 Å². The molecule has 0 fully saturated rings. The van der Waals surface area contributed by atoms with Crippen molar-refractivity contribution >= 4 is 28.8 Å². The molecule has 2 aromatic rings. The highest BCUT2D eigenvalue weighted by Crippen LogP contribution is 2.28. The Morgan fingerprint density at radius 2 is 2.35 bits per heavy atom. The molecule has 1 aromatic heterocycles. The summed E-state index contributed by atoms with van der Waals surface area (Å²) in [6.07, 6.45) is 1.27. The molecule has 0 spiro atoms. The van der Waals surface area contributed by atoms with Gasteiger partial charge in [0.1, 0.15) is 11.9 Å². The molecule has 1 unspecified atom stereocenters. The van der Waals surface area contributed by atoms with Gasteiger partial charge in [-0.25, -0.2) is 0 Å². The minimum atomic E-state index is -0.684. The molecule has 1 atom stereocenters. The third-order valence-corrected chi connectivity index (χ3v) is 5.64. The van der Waals surface area contributed by atoms with Gasteiger partial charge in [-0.2, -0.15) is 4.99 Å². The number of methoxy groups -OCH3 is 1. The molecule has 0 aliphatic carbocycles. The monoisotopic (exact) mass is 396 g/mol. The SMILES string of the molecule is CCCCn1c2c(sc1=NC(=O)c1cc(Cl)ccc1OC)C(O)COC2. The Balaban J connectivity index is 2.07. The van der Waals surface area contributed by atoms with Crippen molar-refractivity contribution in [3.63, 3.8) is 0 Å². The van der Waals surface area contributed by atoms with Crippen LogP contribution in [0.5, 0.6) is 5.75 Å². The van der Waals surface area contributed by atoms with E-state index in [-0.39, 0.29) is 6.61 Å². The summed E-state index contributed by atoms with van der Waals surface area (Å²) in [6, 6.07) is 4.86. The van der Waals surface area contributed by atoms with E-state index in [1.807, 2.05) is 4.57 Å². The molecule has 1 aliphatic heterocycles. The van der Waals surface area contributed by atoms with Crippen molar-refractivity contribution < 1.29 is 19.4 Å². The minimum absolute atomic E-state index is 0.261. The van der Waals surface area contributed by atoms with Crippen LogP contribution >= 0.6 is 22.9 Å². The van der Waals surface area contributed by atoms with Crippen LogP contribution in [-0.2, 0) is 17.9 Å². The summed E-state index contributed by atoms with van der Waals surface area (Å²) in [5, 5.41) is 10.6. The van der Waals surface area contributed by atoms with Crippen molar-refractivity contribution in [2.75, 3.05) is 13.7 Å². The first-order valence-electron chi connectivity index (χ1n) is 8.46. The number of ether oxygens (including phenoxy) is 2. The summed E-state index contributed by atoms with van der Waals surface area (Å²) >= 11 is 7.35. The zero-order valence-electron chi connectivity index (χ0n) is 14.7. The molecule has 1 N–H and O–H groups in total. The number of halogens is 1. The van der Waals surface area contributed by atoms with Gasteiger partial charge in [-0.05, 0) is 24.6 Å². The largest absolute Gasteiger partial charge is 0.496 e. The summed E-state index contributed by atoms with van der Waals surface area (Å²) in [6.45, 7) is 3.49. The van der Waals surface area contributed by atoms with Crippen LogP contribution in [0.3, 0.4) is 0 Å². The highest BCUT2D eigenvalue weighted by atomic mass is 35.5. The molecule has 2 heterocycles. The van der Waals surface area contributed by atoms with Crippen molar-refractivity contribution in [2.45, 2.75) is 39.0 Å². The number of hydrogen-bond donors (Lipinski definition) is 1. The third-order valence-electron chi connectivity index (χ3n) is 4.18. The summed E-state index contributed by atoms with van der Waals surface area (Å²) in [4.78, 5) is 18.4. The minimum Gasteiger partial charge on any atom is -0.496 e. The van der Waals surface area contributed by atoms with Crippen LogP contribution in [0.15, 0.2) is 23.2 Å². The number of aliphatic hydroxyl groups is 1. The number of amides is 1. The highest BCUT2D eigenvalue weighted by Gasteiger charge is 2.25. The Kier molecular flexibility index (Phi) is 6.13. The zero-order chi connectivity index (χ0) is 18.7. The molecule has 3 rings (SSSR count). The first-order valence-corrected chi connectivity index (χ1v) is 9.65. The fourth-order valence-electron chi connectivity index (χ4n) is 2.84. The Morgan fingerprint density at radius 1 is 1.54 bits per heavy atom. The van der Waals surface area contributed by atoms with E-state index in [0.717, 1.165) is 30.0 Å². The van der Waals surface area contributed by atoms with Crippen LogP contribution in [0, 0.1) is 0 Å². The van der Waals surface area contributed by atoms with E-state index in [0.29, 0.717) is 27.7 Å². The number of fused-ring (bicyclic) bond motifs is 1. The van der Waals surface area contributed by atoms with Gasteiger partial charge in [0.15, 0.2) is 4.80 Å². The van der Waals surface area contributed by atoms with Gasteiger partial charge in [0.2, 0.25) is 0 Å². The van der Waals surface area contributed by atoms with E-state index >= 15 is 0 Å². The second kappa shape index (κ2) is 8.35. The molecule has 0 bridgehead atoms. The van der Waals surface area contributed by atoms with Gasteiger partial charge in [-0.15, -0.1) is 0 Å². The molecule has 1 amide bonds. The van der Waals surface area contributed by atoms with Gasteiger partial charge in [-0.1, -0.05) is 36.3 Å². The predicted molar refractivity (Wildman–Crippen MR) is 99.7 cm³/mol. The Hall–Kier alpha value is -1.67. The van der Waals surface area contributed by atoms with Gasteiger partial charge in [0.25, 0.3) is 5.91 Å². The highest BCUT2D eigenvalue weighted by molar-refractivity contribution is 7.09. The second-order valence-corrected chi connectivity index (χ2v) is 7.44. The lowest BCUT2D eigenvalue weighted by molar-refractivity contribution is 0.00853. The fraction of sp³-hybridized carbons (Fsp3) is 0.444. The maximum atomic E-state index is 12.8. The number of unbranched alkanes of at least 4 members (excludes halogenated alkanes) is 1. The average molecular weight is 397 g/mol. The number of nitrogens with zero attached hydrogens (tertiary/aromatic N) is 2. The summed E-state index contributed by atoms with van der Waals surface area (Å²) in [5.74, 6) is -0.00320. The number of aliphatic hydroxyl groups excluding tert-OH is 1. The quantitative estimate of drug-likeness (QED) is 0.841. The number of carbonyl (C=O) groups excluding carboxylic acids is 1. The maximum absolute atomic E-state index is 12.8.